The van der Waals surface area contributed by atoms with E-state index in [0.29, 0.717) is 39.4 Å². The van der Waals surface area contributed by atoms with Gasteiger partial charge < -0.3 is 9.97 Å². The van der Waals surface area contributed by atoms with Crippen LogP contribution in [0.4, 0.5) is 0 Å². The minimum atomic E-state index is -0.266. The molecule has 0 aliphatic heterocycles. The fourth-order valence-electron chi connectivity index (χ4n) is 3.89. The third-order valence-corrected chi connectivity index (χ3v) is 5.91. The van der Waals surface area contributed by atoms with Crippen LogP contribution in [-0.4, -0.2) is 39.7 Å². The molecule has 11 heteroatoms. The summed E-state index contributed by atoms with van der Waals surface area (Å²) in [5, 5.41) is 22.5. The van der Waals surface area contributed by atoms with Crippen LogP contribution in [0.2, 0.25) is 5.02 Å². The lowest BCUT2D eigenvalue weighted by atomic mass is 10.1. The number of aromatic amines is 2. The Hall–Kier alpha value is -4.75. The van der Waals surface area contributed by atoms with E-state index in [-0.39, 0.29) is 5.69 Å². The highest BCUT2D eigenvalue weighted by atomic mass is 35.5. The molecule has 2 N–H and O–H groups in total. The van der Waals surface area contributed by atoms with Crippen molar-refractivity contribution in [2.45, 2.75) is 6.54 Å². The van der Waals surface area contributed by atoms with Gasteiger partial charge in [-0.25, -0.2) is 9.48 Å². The topological polar surface area (TPSA) is 134 Å². The molecule has 0 saturated heterocycles. The molecule has 0 fully saturated rings. The van der Waals surface area contributed by atoms with Crippen LogP contribution >= 0.6 is 11.6 Å². The third kappa shape index (κ3) is 3.32. The molecule has 2 aromatic carbocycles. The highest BCUT2D eigenvalue weighted by Crippen LogP contribution is 2.25. The quantitative estimate of drug-likeness (QED) is 0.408. The first-order valence-electron chi connectivity index (χ1n) is 10.2. The summed E-state index contributed by atoms with van der Waals surface area (Å²) in [7, 11) is 0. The van der Waals surface area contributed by atoms with Crippen LogP contribution in [0.1, 0.15) is 11.1 Å². The zero-order valence-electron chi connectivity index (χ0n) is 17.4. The van der Waals surface area contributed by atoms with Gasteiger partial charge >= 0.3 is 5.69 Å². The maximum absolute atomic E-state index is 11.6. The average molecular weight is 468 g/mol. The van der Waals surface area contributed by atoms with Crippen molar-refractivity contribution in [3.8, 4) is 23.1 Å². The number of benzene rings is 2. The number of halogens is 1. The molecule has 6 aromatic rings. The Morgan fingerprint density at radius 1 is 1.06 bits per heavy atom. The third-order valence-electron chi connectivity index (χ3n) is 5.56. The molecule has 0 saturated carbocycles. The number of nitriles is 1. The van der Waals surface area contributed by atoms with Gasteiger partial charge in [-0.1, -0.05) is 22.9 Å². The van der Waals surface area contributed by atoms with Crippen LogP contribution in [-0.2, 0) is 6.54 Å². The smallest absolute Gasteiger partial charge is 0.306 e. The van der Waals surface area contributed by atoms with Crippen LogP contribution < -0.4 is 5.69 Å². The Morgan fingerprint density at radius 2 is 1.94 bits per heavy atom. The second kappa shape index (κ2) is 7.68. The van der Waals surface area contributed by atoms with Gasteiger partial charge in [-0.05, 0) is 48.0 Å². The fourth-order valence-corrected chi connectivity index (χ4v) is 4.13. The summed E-state index contributed by atoms with van der Waals surface area (Å²) < 4.78 is 3.50. The predicted octanol–water partition coefficient (Wildman–Crippen LogP) is 3.42. The number of rotatable bonds is 4. The molecular formula is C23H14ClN9O. The van der Waals surface area contributed by atoms with Gasteiger partial charge in [-0.15, -0.1) is 5.10 Å². The Balaban J connectivity index is 1.40. The van der Waals surface area contributed by atoms with Gasteiger partial charge in [0.1, 0.15) is 5.52 Å². The monoisotopic (exact) mass is 467 g/mol. The minimum absolute atomic E-state index is 0.266. The summed E-state index contributed by atoms with van der Waals surface area (Å²) >= 11 is 6.37. The van der Waals surface area contributed by atoms with Crippen molar-refractivity contribution in [2.24, 2.45) is 0 Å². The Bertz CT molecular complexity index is 1800. The summed E-state index contributed by atoms with van der Waals surface area (Å²) in [4.78, 5) is 21.7. The van der Waals surface area contributed by atoms with Gasteiger partial charge in [-0.2, -0.15) is 10.4 Å². The number of nitrogens with one attached hydrogen (secondary N) is 2. The van der Waals surface area contributed by atoms with Gasteiger partial charge in [0.2, 0.25) is 0 Å². The molecule has 0 unspecified atom stereocenters. The Morgan fingerprint density at radius 3 is 2.79 bits per heavy atom. The van der Waals surface area contributed by atoms with Gasteiger partial charge in [0.05, 0.1) is 58.0 Å². The van der Waals surface area contributed by atoms with Crippen molar-refractivity contribution >= 4 is 33.7 Å². The lowest BCUT2D eigenvalue weighted by Crippen LogP contribution is -2.05. The van der Waals surface area contributed by atoms with Crippen LogP contribution in [0.25, 0.3) is 39.1 Å². The zero-order valence-corrected chi connectivity index (χ0v) is 18.2. The molecular weight excluding hydrogens is 454 g/mol. The van der Waals surface area contributed by atoms with Crippen LogP contribution in [0, 0.1) is 11.3 Å². The summed E-state index contributed by atoms with van der Waals surface area (Å²) in [6, 6.07) is 16.6. The van der Waals surface area contributed by atoms with Gasteiger partial charge in [0.15, 0.2) is 0 Å². The van der Waals surface area contributed by atoms with E-state index in [1.54, 1.807) is 33.9 Å². The first kappa shape index (κ1) is 19.9. The number of H-pyrrole nitrogens is 2. The SMILES string of the molecule is N#Cc1ccc(Cn2nccc2-c2cc3c(cn2)nnn3-c2ccc3[nH]c(=O)[nH]c3c2)c(Cl)c1. The van der Waals surface area contributed by atoms with Crippen LogP contribution in [0.3, 0.4) is 0 Å². The number of fused-ring (bicyclic) bond motifs is 2. The van der Waals surface area contributed by atoms with E-state index < -0.39 is 0 Å². The summed E-state index contributed by atoms with van der Waals surface area (Å²) in [5.41, 5.74) is 6.09. The largest absolute Gasteiger partial charge is 0.323 e. The number of hydrogen-bond acceptors (Lipinski definition) is 6. The lowest BCUT2D eigenvalue weighted by molar-refractivity contribution is 0.693. The average Bonchev–Trinajstić information content (AvgIpc) is 3.56. The van der Waals surface area contributed by atoms with Crippen molar-refractivity contribution in [1.29, 1.82) is 5.26 Å². The van der Waals surface area contributed by atoms with Crippen molar-refractivity contribution in [3.63, 3.8) is 0 Å². The van der Waals surface area contributed by atoms with E-state index in [9.17, 15) is 4.79 Å². The summed E-state index contributed by atoms with van der Waals surface area (Å²) in [6.07, 6.45) is 3.36. The molecule has 10 nitrogen and oxygen atoms in total. The van der Waals surface area contributed by atoms with Crippen LogP contribution in [0.5, 0.6) is 0 Å². The highest BCUT2D eigenvalue weighted by Gasteiger charge is 2.14. The summed E-state index contributed by atoms with van der Waals surface area (Å²) in [5.74, 6) is 0. The molecule has 0 aliphatic carbocycles. The molecule has 34 heavy (non-hydrogen) atoms. The second-order valence-corrected chi connectivity index (χ2v) is 8.07. The maximum atomic E-state index is 11.6. The zero-order chi connectivity index (χ0) is 23.2. The normalized spacial score (nSPS) is 11.3. The molecule has 0 amide bonds. The maximum Gasteiger partial charge on any atom is 0.323 e. The molecule has 4 heterocycles. The molecule has 164 valence electrons. The number of hydrogen-bond donors (Lipinski definition) is 2. The van der Waals surface area contributed by atoms with E-state index in [1.165, 1.54) is 0 Å². The van der Waals surface area contributed by atoms with E-state index >= 15 is 0 Å². The number of nitrogens with zero attached hydrogens (tertiary/aromatic N) is 7. The van der Waals surface area contributed by atoms with E-state index in [0.717, 1.165) is 22.5 Å². The predicted molar refractivity (Wildman–Crippen MR) is 126 cm³/mol. The Labute approximate surface area is 196 Å². The van der Waals surface area contributed by atoms with Gasteiger partial charge in [0, 0.05) is 11.2 Å². The van der Waals surface area contributed by atoms with Gasteiger partial charge in [-0.3, -0.25) is 9.67 Å². The highest BCUT2D eigenvalue weighted by molar-refractivity contribution is 6.31. The lowest BCUT2D eigenvalue weighted by Gasteiger charge is -2.09. The first-order valence-corrected chi connectivity index (χ1v) is 10.6. The summed E-state index contributed by atoms with van der Waals surface area (Å²) in [6.45, 7) is 0.418. The molecule has 6 rings (SSSR count). The van der Waals surface area contributed by atoms with Crippen molar-refractivity contribution in [1.82, 2.24) is 39.7 Å². The number of pyridine rings is 1. The van der Waals surface area contributed by atoms with Gasteiger partial charge in [0.25, 0.3) is 0 Å². The Kier molecular flexibility index (Phi) is 4.50. The molecule has 0 bridgehead atoms. The van der Waals surface area contributed by atoms with Crippen molar-refractivity contribution in [3.05, 3.63) is 87.6 Å². The molecule has 4 aromatic heterocycles. The van der Waals surface area contributed by atoms with Crippen molar-refractivity contribution < 1.29 is 0 Å². The fraction of sp³-hybridized carbons (Fsp3) is 0.0435. The van der Waals surface area contributed by atoms with E-state index in [1.807, 2.05) is 36.4 Å². The molecule has 0 spiro atoms. The van der Waals surface area contributed by atoms with E-state index in [2.05, 4.69) is 36.4 Å². The number of aromatic nitrogens is 8. The first-order chi connectivity index (χ1) is 16.6. The molecule has 0 radical (unpaired) electrons. The van der Waals surface area contributed by atoms with E-state index in [4.69, 9.17) is 16.9 Å². The second-order valence-electron chi connectivity index (χ2n) is 7.66. The standard InChI is InChI=1S/C23H14ClN9O/c24-16-7-13(10-25)1-2-14(16)12-32-21(5-6-27-32)19-9-22-20(11-26-19)30-31-33(22)15-3-4-17-18(8-15)29-23(34)28-17/h1-9,11H,12H2,(H2,28,29,34). The molecule has 0 atom stereocenters. The van der Waals surface area contributed by atoms with Crippen LogP contribution in [0.15, 0.2) is 65.7 Å². The van der Waals surface area contributed by atoms with Crippen molar-refractivity contribution in [2.75, 3.05) is 0 Å². The molecule has 0 aliphatic rings. The minimum Gasteiger partial charge on any atom is -0.306 e. The number of imidazole rings is 1.